The standard InChI is InChI=1S/C25H33N3O4S/c1-3-33(31,32)17-10-11-23-20(15-17)21(25(30)27-23)16-24-19(8-6-12-28(2)13-14-29)18-7-4-5-9-22(18)26-24/h10-11,15-16,26,29H,3-9,12-14H2,1-2H3,(H,27,30)/b21-16-. The lowest BCUT2D eigenvalue weighted by Gasteiger charge is -2.16. The summed E-state index contributed by atoms with van der Waals surface area (Å²) in [6, 6.07) is 4.85. The molecule has 1 amide bonds. The van der Waals surface area contributed by atoms with E-state index in [1.165, 1.54) is 23.2 Å². The highest BCUT2D eigenvalue weighted by Gasteiger charge is 2.28. The average Bonchev–Trinajstić information content (AvgIpc) is 3.30. The Kier molecular flexibility index (Phi) is 7.07. The SMILES string of the molecule is CCS(=O)(=O)c1ccc2c(c1)/C(=C/c1[nH]c3c(c1CCCN(C)CCO)CCCC3)C(=O)N2. The van der Waals surface area contributed by atoms with E-state index in [-0.39, 0.29) is 23.2 Å². The van der Waals surface area contributed by atoms with Gasteiger partial charge in [-0.05, 0) is 87.5 Å². The van der Waals surface area contributed by atoms with Crippen molar-refractivity contribution in [1.82, 2.24) is 9.88 Å². The van der Waals surface area contributed by atoms with Crippen LogP contribution in [0, 0.1) is 0 Å². The van der Waals surface area contributed by atoms with E-state index in [0.29, 0.717) is 23.4 Å². The number of fused-ring (bicyclic) bond motifs is 2. The van der Waals surface area contributed by atoms with Gasteiger partial charge in [0.15, 0.2) is 9.84 Å². The van der Waals surface area contributed by atoms with Crippen LogP contribution >= 0.6 is 0 Å². The van der Waals surface area contributed by atoms with Crippen LogP contribution in [-0.2, 0) is 33.9 Å². The maximum absolute atomic E-state index is 12.8. The smallest absolute Gasteiger partial charge is 0.256 e. The molecule has 0 radical (unpaired) electrons. The molecule has 2 heterocycles. The minimum Gasteiger partial charge on any atom is -0.395 e. The summed E-state index contributed by atoms with van der Waals surface area (Å²) in [5, 5.41) is 12.0. The van der Waals surface area contributed by atoms with Crippen LogP contribution in [0.3, 0.4) is 0 Å². The molecule has 33 heavy (non-hydrogen) atoms. The van der Waals surface area contributed by atoms with Gasteiger partial charge in [-0.2, -0.15) is 0 Å². The van der Waals surface area contributed by atoms with Gasteiger partial charge in [-0.1, -0.05) is 6.92 Å². The first kappa shape index (κ1) is 23.7. The Morgan fingerprint density at radius 3 is 2.73 bits per heavy atom. The van der Waals surface area contributed by atoms with Crippen molar-refractivity contribution in [2.24, 2.45) is 0 Å². The molecule has 7 nitrogen and oxygen atoms in total. The van der Waals surface area contributed by atoms with Crippen LogP contribution in [0.4, 0.5) is 5.69 Å². The zero-order chi connectivity index (χ0) is 23.6. The number of sulfone groups is 1. The number of nitrogens with zero attached hydrogens (tertiary/aromatic N) is 1. The van der Waals surface area contributed by atoms with Crippen LogP contribution < -0.4 is 5.32 Å². The van der Waals surface area contributed by atoms with Crippen LogP contribution in [0.2, 0.25) is 0 Å². The molecule has 3 N–H and O–H groups in total. The van der Waals surface area contributed by atoms with Gasteiger partial charge in [-0.25, -0.2) is 8.42 Å². The van der Waals surface area contributed by atoms with Crippen molar-refractivity contribution in [3.63, 3.8) is 0 Å². The predicted octanol–water partition coefficient (Wildman–Crippen LogP) is 3.04. The molecule has 2 aromatic rings. The molecule has 0 fully saturated rings. The fourth-order valence-corrected chi connectivity index (χ4v) is 5.71. The number of aromatic nitrogens is 1. The molecule has 0 saturated heterocycles. The van der Waals surface area contributed by atoms with Crippen LogP contribution in [0.5, 0.6) is 0 Å². The molecule has 0 spiro atoms. The summed E-state index contributed by atoms with van der Waals surface area (Å²) in [6.45, 7) is 3.31. The number of amides is 1. The fraction of sp³-hybridized carbons (Fsp3) is 0.480. The first-order chi connectivity index (χ1) is 15.8. The second kappa shape index (κ2) is 9.83. The van der Waals surface area contributed by atoms with Crippen LogP contribution in [-0.4, -0.2) is 61.8 Å². The van der Waals surface area contributed by atoms with Crippen LogP contribution in [0.15, 0.2) is 23.1 Å². The second-order valence-electron chi connectivity index (χ2n) is 8.93. The zero-order valence-corrected chi connectivity index (χ0v) is 20.2. The third-order valence-electron chi connectivity index (χ3n) is 6.69. The van der Waals surface area contributed by atoms with Crippen LogP contribution in [0.25, 0.3) is 11.6 Å². The number of rotatable bonds is 9. The number of aliphatic hydroxyl groups is 1. The van der Waals surface area contributed by atoms with E-state index in [0.717, 1.165) is 44.3 Å². The Hall–Kier alpha value is -2.42. The minimum absolute atomic E-state index is 0.0183. The number of aromatic amines is 1. The lowest BCUT2D eigenvalue weighted by Crippen LogP contribution is -2.23. The van der Waals surface area contributed by atoms with Gasteiger partial charge in [-0.3, -0.25) is 4.79 Å². The number of anilines is 1. The molecule has 0 atom stereocenters. The van der Waals surface area contributed by atoms with E-state index in [2.05, 4.69) is 15.2 Å². The average molecular weight is 472 g/mol. The minimum atomic E-state index is -3.37. The number of hydrogen-bond donors (Lipinski definition) is 3. The van der Waals surface area contributed by atoms with E-state index < -0.39 is 9.84 Å². The number of likely N-dealkylation sites (N-methyl/N-ethyl adjacent to an activating group) is 1. The number of carbonyl (C=O) groups excluding carboxylic acids is 1. The Labute approximate surface area is 195 Å². The summed E-state index contributed by atoms with van der Waals surface area (Å²) in [4.78, 5) is 18.8. The lowest BCUT2D eigenvalue weighted by molar-refractivity contribution is -0.110. The molecule has 1 aromatic heterocycles. The molecule has 2 aliphatic rings. The largest absolute Gasteiger partial charge is 0.395 e. The quantitative estimate of drug-likeness (QED) is 0.488. The number of benzene rings is 1. The van der Waals surface area contributed by atoms with E-state index in [9.17, 15) is 13.2 Å². The Morgan fingerprint density at radius 2 is 1.97 bits per heavy atom. The molecule has 1 aliphatic heterocycles. The van der Waals surface area contributed by atoms with Gasteiger partial charge in [0.2, 0.25) is 0 Å². The molecule has 0 bridgehead atoms. The number of carbonyl (C=O) groups is 1. The highest BCUT2D eigenvalue weighted by molar-refractivity contribution is 7.91. The van der Waals surface area contributed by atoms with Crippen molar-refractivity contribution < 1.29 is 18.3 Å². The van der Waals surface area contributed by atoms with Crippen LogP contribution in [0.1, 0.15) is 54.3 Å². The monoisotopic (exact) mass is 471 g/mol. The van der Waals surface area contributed by atoms with Gasteiger partial charge < -0.3 is 20.3 Å². The van der Waals surface area contributed by atoms with E-state index >= 15 is 0 Å². The molecule has 4 rings (SSSR count). The first-order valence-corrected chi connectivity index (χ1v) is 13.4. The number of H-pyrrole nitrogens is 1. The Bertz CT molecular complexity index is 1180. The maximum Gasteiger partial charge on any atom is 0.256 e. The summed E-state index contributed by atoms with van der Waals surface area (Å²) in [6.07, 6.45) is 8.12. The maximum atomic E-state index is 12.8. The van der Waals surface area contributed by atoms with Gasteiger partial charge >= 0.3 is 0 Å². The Balaban J connectivity index is 1.70. The van der Waals surface area contributed by atoms with Gasteiger partial charge in [0.25, 0.3) is 5.91 Å². The molecule has 1 aliphatic carbocycles. The summed E-state index contributed by atoms with van der Waals surface area (Å²) in [5.74, 6) is -0.193. The third-order valence-corrected chi connectivity index (χ3v) is 8.43. The van der Waals surface area contributed by atoms with Gasteiger partial charge in [0.05, 0.1) is 22.8 Å². The number of aliphatic hydroxyl groups excluding tert-OH is 1. The predicted molar refractivity (Wildman–Crippen MR) is 131 cm³/mol. The van der Waals surface area contributed by atoms with E-state index in [1.807, 2.05) is 13.1 Å². The molecule has 1 aromatic carbocycles. The van der Waals surface area contributed by atoms with Gasteiger partial charge in [-0.15, -0.1) is 0 Å². The first-order valence-electron chi connectivity index (χ1n) is 11.8. The molecule has 0 unspecified atom stereocenters. The summed E-state index contributed by atoms with van der Waals surface area (Å²) < 4.78 is 24.8. The second-order valence-corrected chi connectivity index (χ2v) is 11.2. The molecular weight excluding hydrogens is 438 g/mol. The van der Waals surface area contributed by atoms with Gasteiger partial charge in [0, 0.05) is 29.2 Å². The number of aryl methyl sites for hydroxylation is 1. The normalized spacial score (nSPS) is 16.8. The Morgan fingerprint density at radius 1 is 1.18 bits per heavy atom. The molecule has 8 heteroatoms. The van der Waals surface area contributed by atoms with Crippen molar-refractivity contribution in [3.05, 3.63) is 46.3 Å². The lowest BCUT2D eigenvalue weighted by atomic mass is 9.92. The highest BCUT2D eigenvalue weighted by Crippen LogP contribution is 2.37. The zero-order valence-electron chi connectivity index (χ0n) is 19.4. The van der Waals surface area contributed by atoms with Crippen molar-refractivity contribution in [3.8, 4) is 0 Å². The van der Waals surface area contributed by atoms with Crippen molar-refractivity contribution in [2.45, 2.75) is 50.3 Å². The van der Waals surface area contributed by atoms with E-state index in [1.54, 1.807) is 25.1 Å². The molecule has 178 valence electrons. The fourth-order valence-electron chi connectivity index (χ4n) is 4.81. The topological polar surface area (TPSA) is 102 Å². The molecular formula is C25H33N3O4S. The molecule has 0 saturated carbocycles. The summed E-state index contributed by atoms with van der Waals surface area (Å²) >= 11 is 0. The van der Waals surface area contributed by atoms with Crippen molar-refractivity contribution in [1.29, 1.82) is 0 Å². The van der Waals surface area contributed by atoms with Crippen molar-refractivity contribution in [2.75, 3.05) is 37.8 Å². The summed E-state index contributed by atoms with van der Waals surface area (Å²) in [7, 11) is -1.36. The van der Waals surface area contributed by atoms with E-state index in [4.69, 9.17) is 5.11 Å². The van der Waals surface area contributed by atoms with Crippen molar-refractivity contribution >= 4 is 33.1 Å². The third kappa shape index (κ3) is 4.93. The van der Waals surface area contributed by atoms with Gasteiger partial charge in [0.1, 0.15) is 0 Å². The highest BCUT2D eigenvalue weighted by atomic mass is 32.2. The number of nitrogens with one attached hydrogen (secondary N) is 2. The number of hydrogen-bond acceptors (Lipinski definition) is 5. The summed E-state index contributed by atoms with van der Waals surface area (Å²) in [5.41, 5.74) is 6.61.